The minimum atomic E-state index is 0.482. The highest BCUT2D eigenvalue weighted by molar-refractivity contribution is 5.88. The Hall–Kier alpha value is -1.39. The Bertz CT molecular complexity index is 176. The number of nitrogens with zero attached hydrogens (tertiary/aromatic N) is 1. The molecule has 5 nitrogen and oxygen atoms in total. The van der Waals surface area contributed by atoms with Crippen molar-refractivity contribution in [1.82, 2.24) is 11.0 Å². The fourth-order valence-electron chi connectivity index (χ4n) is 0.533. The largest absolute Gasteiger partial charge is 0.481 e. The van der Waals surface area contributed by atoms with E-state index in [1.54, 1.807) is 13.2 Å². The minimum absolute atomic E-state index is 0.482. The van der Waals surface area contributed by atoms with Gasteiger partial charge in [0.15, 0.2) is 0 Å². The van der Waals surface area contributed by atoms with Gasteiger partial charge in [-0.15, -0.1) is 5.10 Å². The number of nitrogens with one attached hydrogen (secondary N) is 2. The normalized spacial score (nSPS) is 15.8. The first kappa shape index (κ1) is 6.73. The highest BCUT2D eigenvalue weighted by Gasteiger charge is 2.03. The lowest BCUT2D eigenvalue weighted by Crippen LogP contribution is -2.32. The van der Waals surface area contributed by atoms with Crippen LogP contribution < -0.4 is 11.0 Å². The molecule has 1 aliphatic heterocycles. The third-order valence-electron chi connectivity index (χ3n) is 1.03. The van der Waals surface area contributed by atoms with Crippen LogP contribution in [0.4, 0.5) is 0 Å². The Kier molecular flexibility index (Phi) is 1.99. The summed E-state index contributed by atoms with van der Waals surface area (Å²) in [6.07, 6.45) is 1.64. The molecular formula is C5H9N3O2. The zero-order valence-electron chi connectivity index (χ0n) is 5.84. The van der Waals surface area contributed by atoms with E-state index < -0.39 is 0 Å². The number of hydrazone groups is 1. The first-order chi connectivity index (χ1) is 4.86. The Morgan fingerprint density at radius 1 is 1.40 bits per heavy atom. The molecule has 0 aromatic carbocycles. The Morgan fingerprint density at radius 2 is 2.20 bits per heavy atom. The van der Waals surface area contributed by atoms with Crippen LogP contribution in [-0.4, -0.2) is 20.1 Å². The number of rotatable bonds is 1. The maximum absolute atomic E-state index is 4.85. The lowest BCUT2D eigenvalue weighted by atomic mass is 10.5. The van der Waals surface area contributed by atoms with Gasteiger partial charge in [0.25, 0.3) is 0 Å². The molecular weight excluding hydrogens is 134 g/mol. The highest BCUT2D eigenvalue weighted by Crippen LogP contribution is 1.94. The van der Waals surface area contributed by atoms with Gasteiger partial charge in [-0.3, -0.25) is 5.43 Å². The second-order valence-electron chi connectivity index (χ2n) is 1.60. The maximum atomic E-state index is 4.85. The third kappa shape index (κ3) is 1.31. The maximum Gasteiger partial charge on any atom is 0.237 e. The zero-order valence-corrected chi connectivity index (χ0v) is 5.84. The van der Waals surface area contributed by atoms with Gasteiger partial charge >= 0.3 is 0 Å². The standard InChI is InChI=1S/C5H9N3O2/c1-9-4-3-5(10-2)7-8-6-4/h3,6,8H,1-2H3. The van der Waals surface area contributed by atoms with Crippen LogP contribution in [0.5, 0.6) is 0 Å². The van der Waals surface area contributed by atoms with Gasteiger partial charge in [0, 0.05) is 0 Å². The number of hydrogen-bond donors (Lipinski definition) is 2. The van der Waals surface area contributed by atoms with Crippen LogP contribution in [0, 0.1) is 0 Å². The van der Waals surface area contributed by atoms with Gasteiger partial charge in [0.1, 0.15) is 0 Å². The molecule has 1 heterocycles. The summed E-state index contributed by atoms with van der Waals surface area (Å²) < 4.78 is 9.66. The lowest BCUT2D eigenvalue weighted by Gasteiger charge is -2.13. The van der Waals surface area contributed by atoms with Crippen molar-refractivity contribution in [2.75, 3.05) is 14.2 Å². The number of hydrogen-bond acceptors (Lipinski definition) is 5. The van der Waals surface area contributed by atoms with E-state index in [0.717, 1.165) is 0 Å². The van der Waals surface area contributed by atoms with Crippen LogP contribution in [0.15, 0.2) is 17.1 Å². The molecule has 0 radical (unpaired) electrons. The summed E-state index contributed by atoms with van der Waals surface area (Å²) >= 11 is 0. The van der Waals surface area contributed by atoms with Crippen molar-refractivity contribution in [2.24, 2.45) is 5.10 Å². The van der Waals surface area contributed by atoms with Crippen molar-refractivity contribution < 1.29 is 9.47 Å². The topological polar surface area (TPSA) is 54.9 Å². The molecule has 2 N–H and O–H groups in total. The molecule has 0 fully saturated rings. The summed E-state index contributed by atoms with van der Waals surface area (Å²) in [4.78, 5) is 0. The number of ether oxygens (including phenoxy) is 2. The summed E-state index contributed by atoms with van der Waals surface area (Å²) in [5.74, 6) is 1.06. The molecule has 0 saturated carbocycles. The van der Waals surface area contributed by atoms with Crippen LogP contribution >= 0.6 is 0 Å². The van der Waals surface area contributed by atoms with Gasteiger partial charge < -0.3 is 9.47 Å². The van der Waals surface area contributed by atoms with Crippen LogP contribution in [0.2, 0.25) is 0 Å². The van der Waals surface area contributed by atoms with Gasteiger partial charge in [-0.25, -0.2) is 5.53 Å². The highest BCUT2D eigenvalue weighted by atomic mass is 16.5. The fourth-order valence-corrected chi connectivity index (χ4v) is 0.533. The molecule has 0 aromatic rings. The number of hydrazine groups is 1. The van der Waals surface area contributed by atoms with E-state index in [9.17, 15) is 0 Å². The monoisotopic (exact) mass is 143 g/mol. The van der Waals surface area contributed by atoms with Crippen molar-refractivity contribution in [3.63, 3.8) is 0 Å². The van der Waals surface area contributed by atoms with Crippen LogP contribution in [0.1, 0.15) is 0 Å². The van der Waals surface area contributed by atoms with Crippen molar-refractivity contribution >= 4 is 5.90 Å². The minimum Gasteiger partial charge on any atom is -0.481 e. The average molecular weight is 143 g/mol. The molecule has 10 heavy (non-hydrogen) atoms. The quantitative estimate of drug-likeness (QED) is 0.521. The average Bonchev–Trinajstić information content (AvgIpc) is 2.05. The molecule has 1 aliphatic rings. The molecule has 1 rings (SSSR count). The molecule has 56 valence electrons. The summed E-state index contributed by atoms with van der Waals surface area (Å²) in [5.41, 5.74) is 5.16. The molecule has 0 bridgehead atoms. The zero-order chi connectivity index (χ0) is 7.40. The van der Waals surface area contributed by atoms with E-state index in [-0.39, 0.29) is 0 Å². The second-order valence-corrected chi connectivity index (χ2v) is 1.60. The Morgan fingerprint density at radius 3 is 2.80 bits per heavy atom. The summed E-state index contributed by atoms with van der Waals surface area (Å²) in [7, 11) is 3.09. The molecule has 5 heteroatoms. The van der Waals surface area contributed by atoms with Crippen molar-refractivity contribution in [3.8, 4) is 0 Å². The van der Waals surface area contributed by atoms with Gasteiger partial charge in [0.2, 0.25) is 11.8 Å². The smallest absolute Gasteiger partial charge is 0.237 e. The van der Waals surface area contributed by atoms with E-state index in [4.69, 9.17) is 9.47 Å². The van der Waals surface area contributed by atoms with Crippen LogP contribution in [0.3, 0.4) is 0 Å². The molecule has 0 atom stereocenters. The van der Waals surface area contributed by atoms with E-state index in [1.165, 1.54) is 7.11 Å². The molecule has 0 amide bonds. The van der Waals surface area contributed by atoms with E-state index >= 15 is 0 Å². The van der Waals surface area contributed by atoms with E-state index in [1.807, 2.05) is 0 Å². The van der Waals surface area contributed by atoms with Crippen molar-refractivity contribution in [1.29, 1.82) is 0 Å². The predicted molar refractivity (Wildman–Crippen MR) is 35.8 cm³/mol. The van der Waals surface area contributed by atoms with Gasteiger partial charge in [-0.05, 0) is 0 Å². The first-order valence-electron chi connectivity index (χ1n) is 2.75. The summed E-state index contributed by atoms with van der Waals surface area (Å²) in [5, 5.41) is 3.72. The molecule has 0 spiro atoms. The van der Waals surface area contributed by atoms with E-state index in [2.05, 4.69) is 16.1 Å². The van der Waals surface area contributed by atoms with Gasteiger partial charge in [0.05, 0.1) is 20.3 Å². The second kappa shape index (κ2) is 2.95. The number of methoxy groups -OCH3 is 2. The van der Waals surface area contributed by atoms with Gasteiger partial charge in [-0.2, -0.15) is 0 Å². The lowest BCUT2D eigenvalue weighted by molar-refractivity contribution is 0.241. The van der Waals surface area contributed by atoms with Crippen LogP contribution in [0.25, 0.3) is 0 Å². The van der Waals surface area contributed by atoms with E-state index in [0.29, 0.717) is 11.8 Å². The fraction of sp³-hybridized carbons (Fsp3) is 0.400. The van der Waals surface area contributed by atoms with Crippen molar-refractivity contribution in [2.45, 2.75) is 0 Å². The molecule has 0 unspecified atom stereocenters. The first-order valence-corrected chi connectivity index (χ1v) is 2.75. The molecule has 0 saturated heterocycles. The molecule has 0 aromatic heterocycles. The Labute approximate surface area is 58.7 Å². The van der Waals surface area contributed by atoms with Crippen molar-refractivity contribution in [3.05, 3.63) is 12.0 Å². The van der Waals surface area contributed by atoms with Gasteiger partial charge in [-0.1, -0.05) is 0 Å². The molecule has 0 aliphatic carbocycles. The Balaban J connectivity index is 2.61. The third-order valence-corrected chi connectivity index (χ3v) is 1.03. The summed E-state index contributed by atoms with van der Waals surface area (Å²) in [6.45, 7) is 0. The summed E-state index contributed by atoms with van der Waals surface area (Å²) in [6, 6.07) is 0. The SMILES string of the molecule is COC1=CC(OC)=NNN1. The van der Waals surface area contributed by atoms with Crippen LogP contribution in [-0.2, 0) is 9.47 Å². The predicted octanol–water partition coefficient (Wildman–Crippen LogP) is -0.458.